The third kappa shape index (κ3) is 1.96. The van der Waals surface area contributed by atoms with E-state index in [0.717, 1.165) is 16.2 Å². The van der Waals surface area contributed by atoms with Gasteiger partial charge in [0.15, 0.2) is 5.78 Å². The normalized spacial score (nSPS) is 15.0. The van der Waals surface area contributed by atoms with Gasteiger partial charge in [0, 0.05) is 11.3 Å². The second-order valence-electron chi connectivity index (χ2n) is 2.97. The largest absolute Gasteiger partial charge is 0.288 e. The standard InChI is InChI=1S/C12H10OS/c13-12(10-6-2-1-3-7-10)11-8-4-5-9-14-11/h1-8H,9H2. The van der Waals surface area contributed by atoms with Crippen molar-refractivity contribution >= 4 is 17.5 Å². The fourth-order valence-electron chi connectivity index (χ4n) is 1.27. The smallest absolute Gasteiger partial charge is 0.199 e. The molecule has 14 heavy (non-hydrogen) atoms. The van der Waals surface area contributed by atoms with E-state index in [0.29, 0.717) is 0 Å². The minimum atomic E-state index is 0.125. The molecule has 0 saturated carbocycles. The summed E-state index contributed by atoms with van der Waals surface area (Å²) in [4.78, 5) is 12.7. The minimum Gasteiger partial charge on any atom is -0.288 e. The summed E-state index contributed by atoms with van der Waals surface area (Å²) in [6.07, 6.45) is 5.86. The van der Waals surface area contributed by atoms with Crippen LogP contribution in [-0.4, -0.2) is 11.5 Å². The number of benzene rings is 1. The molecule has 0 N–H and O–H groups in total. The van der Waals surface area contributed by atoms with Gasteiger partial charge in [-0.2, -0.15) is 0 Å². The van der Waals surface area contributed by atoms with Gasteiger partial charge in [-0.05, 0) is 6.08 Å². The highest BCUT2D eigenvalue weighted by Crippen LogP contribution is 2.23. The topological polar surface area (TPSA) is 17.1 Å². The number of hydrogen-bond donors (Lipinski definition) is 0. The van der Waals surface area contributed by atoms with Crippen LogP contribution >= 0.6 is 11.8 Å². The fraction of sp³-hybridized carbons (Fsp3) is 0.0833. The van der Waals surface area contributed by atoms with Gasteiger partial charge in [0.2, 0.25) is 0 Å². The molecule has 0 radical (unpaired) electrons. The number of ketones is 1. The van der Waals surface area contributed by atoms with Gasteiger partial charge in [0.1, 0.15) is 0 Å². The maximum absolute atomic E-state index is 11.9. The average Bonchev–Trinajstić information content (AvgIpc) is 2.30. The molecule has 2 heteroatoms. The quantitative estimate of drug-likeness (QED) is 0.686. The number of Topliss-reactive ketones (excluding diaryl/α,β-unsaturated/α-hetero) is 1. The molecule has 1 aliphatic heterocycles. The number of thioether (sulfide) groups is 1. The van der Waals surface area contributed by atoms with Crippen LogP contribution in [0.2, 0.25) is 0 Å². The van der Waals surface area contributed by atoms with E-state index in [9.17, 15) is 4.79 Å². The first-order valence-electron chi connectivity index (χ1n) is 4.47. The molecule has 0 saturated heterocycles. The number of hydrogen-bond acceptors (Lipinski definition) is 2. The van der Waals surface area contributed by atoms with Crippen molar-refractivity contribution in [2.75, 3.05) is 5.75 Å². The molecule has 0 amide bonds. The second-order valence-corrected chi connectivity index (χ2v) is 4.03. The van der Waals surface area contributed by atoms with Gasteiger partial charge in [-0.1, -0.05) is 42.5 Å². The van der Waals surface area contributed by atoms with Crippen LogP contribution in [0.3, 0.4) is 0 Å². The first-order valence-corrected chi connectivity index (χ1v) is 5.46. The summed E-state index contributed by atoms with van der Waals surface area (Å²) in [5.74, 6) is 1.02. The molecule has 1 nitrogen and oxygen atoms in total. The van der Waals surface area contributed by atoms with Gasteiger partial charge in [-0.25, -0.2) is 0 Å². The Balaban J connectivity index is 2.24. The Morgan fingerprint density at radius 1 is 1.21 bits per heavy atom. The van der Waals surface area contributed by atoms with E-state index < -0.39 is 0 Å². The summed E-state index contributed by atoms with van der Waals surface area (Å²) in [5, 5.41) is 0. The van der Waals surface area contributed by atoms with Gasteiger partial charge in [0.05, 0.1) is 4.91 Å². The van der Waals surface area contributed by atoms with Gasteiger partial charge >= 0.3 is 0 Å². The molecule has 2 rings (SSSR count). The van der Waals surface area contributed by atoms with Gasteiger partial charge in [-0.3, -0.25) is 4.79 Å². The lowest BCUT2D eigenvalue weighted by Crippen LogP contribution is -2.02. The van der Waals surface area contributed by atoms with E-state index >= 15 is 0 Å². The molecule has 1 aliphatic rings. The van der Waals surface area contributed by atoms with Crippen LogP contribution in [0.25, 0.3) is 0 Å². The number of rotatable bonds is 2. The van der Waals surface area contributed by atoms with Crippen LogP contribution in [0.4, 0.5) is 0 Å². The molecule has 0 fully saturated rings. The summed E-state index contributed by atoms with van der Waals surface area (Å²) in [7, 11) is 0. The molecular weight excluding hydrogens is 192 g/mol. The van der Waals surface area contributed by atoms with Crippen molar-refractivity contribution in [3.63, 3.8) is 0 Å². The summed E-state index contributed by atoms with van der Waals surface area (Å²) < 4.78 is 0. The average molecular weight is 202 g/mol. The van der Waals surface area contributed by atoms with E-state index in [1.54, 1.807) is 11.8 Å². The molecule has 1 aromatic rings. The molecule has 1 aromatic carbocycles. The number of carbonyl (C=O) groups excluding carboxylic acids is 1. The van der Waals surface area contributed by atoms with Crippen molar-refractivity contribution in [2.24, 2.45) is 0 Å². The van der Waals surface area contributed by atoms with Crippen molar-refractivity contribution in [1.82, 2.24) is 0 Å². The zero-order valence-electron chi connectivity index (χ0n) is 7.64. The summed E-state index contributed by atoms with van der Waals surface area (Å²) in [6, 6.07) is 9.39. The predicted molar refractivity (Wildman–Crippen MR) is 60.5 cm³/mol. The van der Waals surface area contributed by atoms with Crippen LogP contribution in [0.5, 0.6) is 0 Å². The summed E-state index contributed by atoms with van der Waals surface area (Å²) in [6.45, 7) is 0. The van der Waals surface area contributed by atoms with E-state index in [-0.39, 0.29) is 5.78 Å². The Bertz CT molecular complexity index is 390. The van der Waals surface area contributed by atoms with Crippen molar-refractivity contribution in [1.29, 1.82) is 0 Å². The number of allylic oxidation sites excluding steroid dienone is 3. The molecular formula is C12H10OS. The maximum Gasteiger partial charge on any atom is 0.199 e. The Hall–Kier alpha value is -1.28. The first-order chi connectivity index (χ1) is 6.88. The lowest BCUT2D eigenvalue weighted by atomic mass is 10.1. The van der Waals surface area contributed by atoms with E-state index in [1.807, 2.05) is 48.6 Å². The summed E-state index contributed by atoms with van der Waals surface area (Å²) in [5.41, 5.74) is 0.765. The predicted octanol–water partition coefficient (Wildman–Crippen LogP) is 3.06. The van der Waals surface area contributed by atoms with E-state index in [1.165, 1.54) is 0 Å². The van der Waals surface area contributed by atoms with E-state index in [4.69, 9.17) is 0 Å². The van der Waals surface area contributed by atoms with Crippen LogP contribution in [-0.2, 0) is 0 Å². The lowest BCUT2D eigenvalue weighted by molar-refractivity contribution is 0.104. The molecule has 0 aliphatic carbocycles. The SMILES string of the molecule is O=C(C1=CC=CCS1)c1ccccc1. The third-order valence-electron chi connectivity index (χ3n) is 1.98. The monoisotopic (exact) mass is 202 g/mol. The van der Waals surface area contributed by atoms with Crippen molar-refractivity contribution in [3.05, 3.63) is 59.0 Å². The Morgan fingerprint density at radius 3 is 2.64 bits per heavy atom. The van der Waals surface area contributed by atoms with Crippen molar-refractivity contribution < 1.29 is 4.79 Å². The van der Waals surface area contributed by atoms with Gasteiger partial charge in [0.25, 0.3) is 0 Å². The Kier molecular flexibility index (Phi) is 2.84. The van der Waals surface area contributed by atoms with Crippen molar-refractivity contribution in [2.45, 2.75) is 0 Å². The molecule has 1 heterocycles. The second kappa shape index (κ2) is 4.29. The van der Waals surface area contributed by atoms with Crippen LogP contribution in [0.15, 0.2) is 53.5 Å². The molecule has 0 aromatic heterocycles. The lowest BCUT2D eigenvalue weighted by Gasteiger charge is -2.06. The van der Waals surface area contributed by atoms with Crippen LogP contribution < -0.4 is 0 Å². The highest BCUT2D eigenvalue weighted by Gasteiger charge is 2.12. The zero-order valence-corrected chi connectivity index (χ0v) is 8.46. The van der Waals surface area contributed by atoms with E-state index in [2.05, 4.69) is 0 Å². The molecule has 0 bridgehead atoms. The highest BCUT2D eigenvalue weighted by molar-refractivity contribution is 8.04. The molecule has 0 atom stereocenters. The Labute approximate surface area is 87.5 Å². The first kappa shape index (κ1) is 9.28. The summed E-state index contributed by atoms with van der Waals surface area (Å²) >= 11 is 1.59. The minimum absolute atomic E-state index is 0.125. The fourth-order valence-corrected chi connectivity index (χ4v) is 2.08. The van der Waals surface area contributed by atoms with Crippen LogP contribution in [0.1, 0.15) is 10.4 Å². The Morgan fingerprint density at radius 2 is 2.00 bits per heavy atom. The third-order valence-corrected chi connectivity index (χ3v) is 2.97. The van der Waals surface area contributed by atoms with Gasteiger partial charge in [-0.15, -0.1) is 11.8 Å². The molecule has 0 spiro atoms. The molecule has 0 unspecified atom stereocenters. The van der Waals surface area contributed by atoms with Crippen LogP contribution in [0, 0.1) is 0 Å². The molecule has 70 valence electrons. The van der Waals surface area contributed by atoms with Crippen molar-refractivity contribution in [3.8, 4) is 0 Å². The van der Waals surface area contributed by atoms with Gasteiger partial charge < -0.3 is 0 Å². The maximum atomic E-state index is 11.9. The number of carbonyl (C=O) groups is 1. The zero-order chi connectivity index (χ0) is 9.80. The highest BCUT2D eigenvalue weighted by atomic mass is 32.2.